The molecule has 0 unspecified atom stereocenters. The van der Waals surface area contributed by atoms with Gasteiger partial charge in [0.25, 0.3) is 5.91 Å². The number of hydrogen-bond acceptors (Lipinski definition) is 3. The molecular formula is C11H14N2O4. The van der Waals surface area contributed by atoms with Crippen molar-refractivity contribution in [1.29, 1.82) is 0 Å². The van der Waals surface area contributed by atoms with Crippen LogP contribution in [-0.2, 0) is 4.79 Å². The van der Waals surface area contributed by atoms with Crippen LogP contribution in [0.1, 0.15) is 29.6 Å². The Morgan fingerprint density at radius 2 is 2.06 bits per heavy atom. The minimum Gasteiger partial charge on any atom is -0.481 e. The Morgan fingerprint density at radius 1 is 1.29 bits per heavy atom. The van der Waals surface area contributed by atoms with Crippen molar-refractivity contribution >= 4 is 11.9 Å². The predicted molar refractivity (Wildman–Crippen MR) is 60.9 cm³/mol. The molecule has 0 aliphatic rings. The van der Waals surface area contributed by atoms with Crippen molar-refractivity contribution in [3.8, 4) is 0 Å². The first-order valence-corrected chi connectivity index (χ1v) is 5.28. The number of H-pyrrole nitrogens is 1. The topological polar surface area (TPSA) is 99.3 Å². The lowest BCUT2D eigenvalue weighted by Gasteiger charge is -2.03. The first kappa shape index (κ1) is 13.0. The first-order valence-electron chi connectivity index (χ1n) is 5.28. The number of carbonyl (C=O) groups is 2. The van der Waals surface area contributed by atoms with Crippen molar-refractivity contribution < 1.29 is 14.7 Å². The number of aromatic amines is 1. The Hall–Kier alpha value is -2.11. The van der Waals surface area contributed by atoms with Crippen LogP contribution in [-0.4, -0.2) is 28.5 Å². The number of carbonyl (C=O) groups excluding carboxylic acids is 1. The second kappa shape index (κ2) is 6.47. The van der Waals surface area contributed by atoms with Crippen molar-refractivity contribution in [2.24, 2.45) is 0 Å². The number of carboxylic acids is 1. The van der Waals surface area contributed by atoms with E-state index < -0.39 is 5.97 Å². The summed E-state index contributed by atoms with van der Waals surface area (Å²) in [6, 6.07) is 2.71. The van der Waals surface area contributed by atoms with E-state index in [-0.39, 0.29) is 17.9 Å². The number of amides is 1. The maximum absolute atomic E-state index is 11.5. The summed E-state index contributed by atoms with van der Waals surface area (Å²) >= 11 is 0. The molecule has 17 heavy (non-hydrogen) atoms. The second-order valence-corrected chi connectivity index (χ2v) is 3.55. The van der Waals surface area contributed by atoms with Gasteiger partial charge in [0.2, 0.25) is 5.56 Å². The molecule has 1 amide bonds. The lowest BCUT2D eigenvalue weighted by atomic mass is 10.2. The van der Waals surface area contributed by atoms with E-state index in [1.54, 1.807) is 0 Å². The van der Waals surface area contributed by atoms with Crippen LogP contribution >= 0.6 is 0 Å². The molecule has 1 aromatic rings. The molecule has 0 atom stereocenters. The van der Waals surface area contributed by atoms with Crippen LogP contribution in [0.15, 0.2) is 23.1 Å². The van der Waals surface area contributed by atoms with Crippen LogP contribution in [0.4, 0.5) is 0 Å². The van der Waals surface area contributed by atoms with Crippen molar-refractivity contribution in [2.45, 2.75) is 19.3 Å². The third-order valence-electron chi connectivity index (χ3n) is 2.15. The number of pyridine rings is 1. The van der Waals surface area contributed by atoms with Crippen molar-refractivity contribution in [3.05, 3.63) is 34.2 Å². The van der Waals surface area contributed by atoms with Gasteiger partial charge in [-0.25, -0.2) is 0 Å². The summed E-state index contributed by atoms with van der Waals surface area (Å²) < 4.78 is 0. The van der Waals surface area contributed by atoms with E-state index in [4.69, 9.17) is 5.11 Å². The van der Waals surface area contributed by atoms with Gasteiger partial charge in [0, 0.05) is 25.2 Å². The maximum Gasteiger partial charge on any atom is 0.303 e. The molecule has 0 aliphatic carbocycles. The Morgan fingerprint density at radius 3 is 2.65 bits per heavy atom. The second-order valence-electron chi connectivity index (χ2n) is 3.55. The Kier molecular flexibility index (Phi) is 4.93. The van der Waals surface area contributed by atoms with Crippen molar-refractivity contribution in [1.82, 2.24) is 10.3 Å². The monoisotopic (exact) mass is 238 g/mol. The summed E-state index contributed by atoms with van der Waals surface area (Å²) in [6.45, 7) is 0.422. The molecule has 0 saturated heterocycles. The van der Waals surface area contributed by atoms with Crippen LogP contribution in [0.2, 0.25) is 0 Å². The molecule has 6 heteroatoms. The fraction of sp³-hybridized carbons (Fsp3) is 0.364. The van der Waals surface area contributed by atoms with Gasteiger partial charge in [-0.05, 0) is 18.9 Å². The fourth-order valence-electron chi connectivity index (χ4n) is 1.26. The number of unbranched alkanes of at least 4 members (excludes halogenated alkanes) is 1. The molecule has 0 radical (unpaired) electrons. The van der Waals surface area contributed by atoms with E-state index in [1.807, 2.05) is 0 Å². The minimum absolute atomic E-state index is 0.106. The molecule has 3 N–H and O–H groups in total. The molecule has 6 nitrogen and oxygen atoms in total. The summed E-state index contributed by atoms with van der Waals surface area (Å²) in [5, 5.41) is 11.0. The van der Waals surface area contributed by atoms with Gasteiger partial charge >= 0.3 is 5.97 Å². The third kappa shape index (κ3) is 4.96. The molecular weight excluding hydrogens is 224 g/mol. The van der Waals surface area contributed by atoms with Gasteiger partial charge in [-0.1, -0.05) is 0 Å². The minimum atomic E-state index is -0.836. The number of nitrogens with one attached hydrogen (secondary N) is 2. The first-order chi connectivity index (χ1) is 8.09. The molecule has 0 saturated carbocycles. The Labute approximate surface area is 97.7 Å². The molecule has 0 fully saturated rings. The lowest BCUT2D eigenvalue weighted by molar-refractivity contribution is -0.137. The molecule has 0 bridgehead atoms. The van der Waals surface area contributed by atoms with Gasteiger partial charge in [-0.15, -0.1) is 0 Å². The van der Waals surface area contributed by atoms with E-state index in [9.17, 15) is 14.4 Å². The highest BCUT2D eigenvalue weighted by atomic mass is 16.4. The van der Waals surface area contributed by atoms with E-state index in [1.165, 1.54) is 18.3 Å². The number of rotatable bonds is 6. The van der Waals surface area contributed by atoms with Gasteiger partial charge in [-0.3, -0.25) is 14.4 Å². The van der Waals surface area contributed by atoms with Gasteiger partial charge in [0.1, 0.15) is 0 Å². The number of aromatic nitrogens is 1. The molecule has 1 aromatic heterocycles. The summed E-state index contributed by atoms with van der Waals surface area (Å²) in [7, 11) is 0. The highest BCUT2D eigenvalue weighted by molar-refractivity contribution is 5.93. The zero-order valence-electron chi connectivity index (χ0n) is 9.23. The van der Waals surface area contributed by atoms with E-state index in [0.29, 0.717) is 24.9 Å². The summed E-state index contributed by atoms with van der Waals surface area (Å²) in [5.74, 6) is -1.12. The predicted octanol–water partition coefficient (Wildman–Crippen LogP) is 0.360. The lowest BCUT2D eigenvalue weighted by Crippen LogP contribution is -2.25. The Bertz CT molecular complexity index is 433. The van der Waals surface area contributed by atoms with Gasteiger partial charge in [0.05, 0.1) is 5.56 Å². The van der Waals surface area contributed by atoms with E-state index >= 15 is 0 Å². The molecule has 1 rings (SSSR count). The SMILES string of the molecule is O=C(O)CCCCNC(=O)c1ccc(=O)[nH]c1. The van der Waals surface area contributed by atoms with Crippen molar-refractivity contribution in [3.63, 3.8) is 0 Å². The van der Waals surface area contributed by atoms with Gasteiger partial charge in [-0.2, -0.15) is 0 Å². The Balaban J connectivity index is 2.28. The molecule has 0 aromatic carbocycles. The smallest absolute Gasteiger partial charge is 0.303 e. The van der Waals surface area contributed by atoms with Crippen LogP contribution < -0.4 is 10.9 Å². The number of aliphatic carboxylic acids is 1. The summed E-state index contributed by atoms with van der Waals surface area (Å²) in [6.07, 6.45) is 2.59. The normalized spacial score (nSPS) is 9.88. The van der Waals surface area contributed by atoms with Gasteiger partial charge in [0.15, 0.2) is 0 Å². The van der Waals surface area contributed by atoms with Gasteiger partial charge < -0.3 is 15.4 Å². The van der Waals surface area contributed by atoms with Crippen LogP contribution in [0, 0.1) is 0 Å². The van der Waals surface area contributed by atoms with Crippen LogP contribution in [0.25, 0.3) is 0 Å². The zero-order valence-corrected chi connectivity index (χ0v) is 9.23. The highest BCUT2D eigenvalue weighted by Gasteiger charge is 2.04. The standard InChI is InChI=1S/C11H14N2O4/c14-9-5-4-8(7-13-9)11(17)12-6-2-1-3-10(15)16/h4-5,7H,1-3,6H2,(H,12,17)(H,13,14)(H,15,16). The molecule has 0 spiro atoms. The average Bonchev–Trinajstić information content (AvgIpc) is 2.29. The fourth-order valence-corrected chi connectivity index (χ4v) is 1.26. The molecule has 1 heterocycles. The van der Waals surface area contributed by atoms with Crippen LogP contribution in [0.3, 0.4) is 0 Å². The zero-order chi connectivity index (χ0) is 12.7. The van der Waals surface area contributed by atoms with E-state index in [0.717, 1.165) is 0 Å². The highest BCUT2D eigenvalue weighted by Crippen LogP contribution is 1.96. The van der Waals surface area contributed by atoms with Crippen LogP contribution in [0.5, 0.6) is 0 Å². The summed E-state index contributed by atoms with van der Waals surface area (Å²) in [4.78, 5) is 34.9. The summed E-state index contributed by atoms with van der Waals surface area (Å²) in [5.41, 5.74) is 0.117. The quantitative estimate of drug-likeness (QED) is 0.623. The number of carboxylic acid groups (broad SMARTS) is 1. The number of hydrogen-bond donors (Lipinski definition) is 3. The largest absolute Gasteiger partial charge is 0.481 e. The van der Waals surface area contributed by atoms with E-state index in [2.05, 4.69) is 10.3 Å². The van der Waals surface area contributed by atoms with Crippen molar-refractivity contribution in [2.75, 3.05) is 6.54 Å². The maximum atomic E-state index is 11.5. The molecule has 92 valence electrons. The average molecular weight is 238 g/mol. The molecule has 0 aliphatic heterocycles. The third-order valence-corrected chi connectivity index (χ3v) is 2.15.